The minimum Gasteiger partial charge on any atom is -0.456 e. The van der Waals surface area contributed by atoms with Gasteiger partial charge in [-0.1, -0.05) is 36.4 Å². The second-order valence-corrected chi connectivity index (χ2v) is 11.3. The third-order valence-corrected chi connectivity index (χ3v) is 8.50. The van der Waals surface area contributed by atoms with Crippen molar-refractivity contribution >= 4 is 12.0 Å². The molecule has 1 aliphatic heterocycles. The molecule has 2 aliphatic rings. The molecular weight excluding hydrogens is 510 g/mol. The Hall–Kier alpha value is -3.14. The molecule has 1 unspecified atom stereocenters. The number of aliphatic hydroxyl groups is 2. The van der Waals surface area contributed by atoms with E-state index in [9.17, 15) is 19.8 Å². The number of nitrogens with two attached hydrogens (primary N) is 1. The number of ether oxygens (including phenoxy) is 2. The van der Waals surface area contributed by atoms with E-state index >= 15 is 0 Å². The van der Waals surface area contributed by atoms with Gasteiger partial charge in [0.05, 0.1) is 18.8 Å². The minimum absolute atomic E-state index is 0.00789. The molecule has 5 atom stereocenters. The van der Waals surface area contributed by atoms with Crippen molar-refractivity contribution in [1.29, 1.82) is 0 Å². The molecule has 2 fully saturated rings. The Labute approximate surface area is 236 Å². The smallest absolute Gasteiger partial charge is 0.406 e. The van der Waals surface area contributed by atoms with Gasteiger partial charge in [-0.2, -0.15) is 0 Å². The molecule has 2 aromatic carbocycles. The standard InChI is InChI=1S/C31H43N3O6/c1-20-9-6-10-21(2)28(20)40-27-13-5-4-12-24(27)31(38,14-8-15-33-30(37)39-3)23-11-7-16-34(19-23)29(36)22-17-25(32)26(35)18-22/h4-6,9-10,12-13,22-23,25-26,35,38H,7-8,11,14-19,32H2,1-3H3,(H,33,37)/t22-,23+,25+,26-,31?/m0/s1. The lowest BCUT2D eigenvalue weighted by Crippen LogP contribution is -2.49. The summed E-state index contributed by atoms with van der Waals surface area (Å²) >= 11 is 0. The first-order valence-electron chi connectivity index (χ1n) is 14.2. The van der Waals surface area contributed by atoms with E-state index in [4.69, 9.17) is 15.2 Å². The fourth-order valence-corrected chi connectivity index (χ4v) is 6.24. The lowest BCUT2D eigenvalue weighted by molar-refractivity contribution is -0.141. The molecule has 0 radical (unpaired) electrons. The highest BCUT2D eigenvalue weighted by Crippen LogP contribution is 2.45. The summed E-state index contributed by atoms with van der Waals surface area (Å²) < 4.78 is 11.2. The highest BCUT2D eigenvalue weighted by atomic mass is 16.5. The maximum atomic E-state index is 13.4. The van der Waals surface area contributed by atoms with Crippen molar-refractivity contribution in [2.24, 2.45) is 17.6 Å². The number of carbonyl (C=O) groups excluding carboxylic acids is 2. The number of piperidine rings is 1. The third-order valence-electron chi connectivity index (χ3n) is 8.50. The zero-order valence-electron chi connectivity index (χ0n) is 23.8. The van der Waals surface area contributed by atoms with Crippen LogP contribution >= 0.6 is 0 Å². The molecular formula is C31H43N3O6. The van der Waals surface area contributed by atoms with Crippen LogP contribution in [0.15, 0.2) is 42.5 Å². The van der Waals surface area contributed by atoms with Gasteiger partial charge in [0.1, 0.15) is 11.5 Å². The first kappa shape index (κ1) is 29.8. The first-order valence-corrected chi connectivity index (χ1v) is 14.2. The SMILES string of the molecule is COC(=O)NCCCC(O)(c1ccccc1Oc1c(C)cccc1C)[C@@H]1CCCN(C(=O)[C@H]2C[C@@H](N)[C@@H](O)C2)C1. The first-order chi connectivity index (χ1) is 19.1. The zero-order chi connectivity index (χ0) is 28.9. The van der Waals surface area contributed by atoms with Crippen LogP contribution in [0, 0.1) is 25.7 Å². The summed E-state index contributed by atoms with van der Waals surface area (Å²) in [5.41, 5.74) is 7.32. The molecule has 2 aromatic rings. The number of alkyl carbamates (subject to hydrolysis) is 1. The molecule has 4 rings (SSSR count). The van der Waals surface area contributed by atoms with Crippen LogP contribution in [0.5, 0.6) is 11.5 Å². The number of aliphatic hydroxyl groups excluding tert-OH is 1. The second kappa shape index (κ2) is 13.0. The number of likely N-dealkylation sites (tertiary alicyclic amines) is 1. The van der Waals surface area contributed by atoms with Crippen molar-refractivity contribution in [3.63, 3.8) is 0 Å². The fraction of sp³-hybridized carbons (Fsp3) is 0.548. The minimum atomic E-state index is -1.32. The average Bonchev–Trinajstić information content (AvgIpc) is 3.30. The van der Waals surface area contributed by atoms with E-state index in [0.29, 0.717) is 56.6 Å². The molecule has 5 N–H and O–H groups in total. The Balaban J connectivity index is 1.63. The van der Waals surface area contributed by atoms with Gasteiger partial charge >= 0.3 is 6.09 Å². The van der Waals surface area contributed by atoms with Crippen molar-refractivity contribution in [2.45, 2.75) is 70.1 Å². The van der Waals surface area contributed by atoms with Gasteiger partial charge in [0, 0.05) is 43.1 Å². The van der Waals surface area contributed by atoms with E-state index in [1.54, 1.807) is 0 Å². The Kier molecular flexibility index (Phi) is 9.71. The van der Waals surface area contributed by atoms with Crippen LogP contribution in [0.3, 0.4) is 0 Å². The van der Waals surface area contributed by atoms with E-state index in [1.165, 1.54) is 7.11 Å². The molecule has 9 nitrogen and oxygen atoms in total. The van der Waals surface area contributed by atoms with Crippen LogP contribution in [-0.2, 0) is 15.1 Å². The summed E-state index contributed by atoms with van der Waals surface area (Å²) in [5, 5.41) is 25.4. The summed E-state index contributed by atoms with van der Waals surface area (Å²) in [4.78, 5) is 26.9. The van der Waals surface area contributed by atoms with E-state index in [-0.39, 0.29) is 23.8 Å². The number of rotatable bonds is 9. The van der Waals surface area contributed by atoms with Crippen LogP contribution < -0.4 is 15.8 Å². The quantitative estimate of drug-likeness (QED) is 0.348. The fourth-order valence-electron chi connectivity index (χ4n) is 6.24. The maximum Gasteiger partial charge on any atom is 0.406 e. The summed E-state index contributed by atoms with van der Waals surface area (Å²) in [6.07, 6.45) is 1.99. The number of para-hydroxylation sites is 2. The Morgan fingerprint density at radius 1 is 1.12 bits per heavy atom. The lowest BCUT2D eigenvalue weighted by atomic mass is 9.73. The molecule has 40 heavy (non-hydrogen) atoms. The number of hydrogen-bond donors (Lipinski definition) is 4. The molecule has 1 saturated heterocycles. The molecule has 0 bridgehead atoms. The van der Waals surface area contributed by atoms with Gasteiger partial charge < -0.3 is 35.6 Å². The Morgan fingerprint density at radius 3 is 2.52 bits per heavy atom. The van der Waals surface area contributed by atoms with Gasteiger partial charge in [-0.25, -0.2) is 4.79 Å². The predicted octanol–water partition coefficient (Wildman–Crippen LogP) is 3.76. The monoisotopic (exact) mass is 553 g/mol. The van der Waals surface area contributed by atoms with Crippen molar-refractivity contribution < 1.29 is 29.3 Å². The third kappa shape index (κ3) is 6.59. The Morgan fingerprint density at radius 2 is 1.85 bits per heavy atom. The highest BCUT2D eigenvalue weighted by molar-refractivity contribution is 5.79. The molecule has 218 valence electrons. The lowest BCUT2D eigenvalue weighted by Gasteiger charge is -2.44. The number of carbonyl (C=O) groups is 2. The van der Waals surface area contributed by atoms with Crippen molar-refractivity contribution in [3.05, 3.63) is 59.2 Å². The van der Waals surface area contributed by atoms with Crippen LogP contribution in [-0.4, -0.2) is 66.0 Å². The molecule has 2 amide bonds. The largest absolute Gasteiger partial charge is 0.456 e. The van der Waals surface area contributed by atoms with E-state index < -0.39 is 17.8 Å². The molecule has 1 heterocycles. The van der Waals surface area contributed by atoms with Crippen molar-refractivity contribution in [2.75, 3.05) is 26.7 Å². The molecule has 1 saturated carbocycles. The topological polar surface area (TPSA) is 134 Å². The zero-order valence-corrected chi connectivity index (χ0v) is 23.8. The van der Waals surface area contributed by atoms with Crippen molar-refractivity contribution in [3.8, 4) is 11.5 Å². The number of methoxy groups -OCH3 is 1. The number of nitrogens with one attached hydrogen (secondary N) is 1. The summed E-state index contributed by atoms with van der Waals surface area (Å²) in [7, 11) is 1.32. The summed E-state index contributed by atoms with van der Waals surface area (Å²) in [6.45, 7) is 5.32. The van der Waals surface area contributed by atoms with E-state index in [0.717, 1.165) is 29.7 Å². The second-order valence-electron chi connectivity index (χ2n) is 11.3. The Bertz CT molecular complexity index is 1160. The normalized spacial score (nSPS) is 24.3. The van der Waals surface area contributed by atoms with Crippen LogP contribution in [0.2, 0.25) is 0 Å². The number of aryl methyl sites for hydroxylation is 2. The number of amides is 2. The van der Waals surface area contributed by atoms with E-state index in [1.807, 2.05) is 61.2 Å². The van der Waals surface area contributed by atoms with Crippen molar-refractivity contribution in [1.82, 2.24) is 10.2 Å². The molecule has 0 aromatic heterocycles. The number of nitrogens with zero attached hydrogens (tertiary/aromatic N) is 1. The van der Waals surface area contributed by atoms with Gasteiger partial charge in [-0.3, -0.25) is 4.79 Å². The van der Waals surface area contributed by atoms with Gasteiger partial charge in [0.15, 0.2) is 0 Å². The van der Waals surface area contributed by atoms with Crippen LogP contribution in [0.25, 0.3) is 0 Å². The summed E-state index contributed by atoms with van der Waals surface area (Å²) in [6, 6.07) is 13.1. The predicted molar refractivity (Wildman–Crippen MR) is 152 cm³/mol. The van der Waals surface area contributed by atoms with Gasteiger partial charge in [-0.15, -0.1) is 0 Å². The summed E-state index contributed by atoms with van der Waals surface area (Å²) in [5.74, 6) is 0.746. The van der Waals surface area contributed by atoms with E-state index in [2.05, 4.69) is 5.32 Å². The van der Waals surface area contributed by atoms with Gasteiger partial charge in [0.2, 0.25) is 5.91 Å². The molecule has 0 spiro atoms. The molecule has 1 aliphatic carbocycles. The van der Waals surface area contributed by atoms with Crippen LogP contribution in [0.1, 0.15) is 55.2 Å². The van der Waals surface area contributed by atoms with Crippen LogP contribution in [0.4, 0.5) is 4.79 Å². The highest BCUT2D eigenvalue weighted by Gasteiger charge is 2.44. The maximum absolute atomic E-state index is 13.4. The average molecular weight is 554 g/mol. The van der Waals surface area contributed by atoms with Gasteiger partial charge in [0.25, 0.3) is 0 Å². The number of hydrogen-bond acceptors (Lipinski definition) is 7. The van der Waals surface area contributed by atoms with Gasteiger partial charge in [-0.05, 0) is 69.6 Å². The molecule has 9 heteroatoms. The number of benzene rings is 2.